The van der Waals surface area contributed by atoms with Gasteiger partial charge in [0.15, 0.2) is 0 Å². The van der Waals surface area contributed by atoms with E-state index in [0.29, 0.717) is 31.4 Å². The maximum Gasteiger partial charge on any atom is 0.411 e. The summed E-state index contributed by atoms with van der Waals surface area (Å²) in [7, 11) is 1.32. The van der Waals surface area contributed by atoms with Crippen LogP contribution in [0.5, 0.6) is 0 Å². The monoisotopic (exact) mass is 317 g/mol. The summed E-state index contributed by atoms with van der Waals surface area (Å²) < 4.78 is 10.3. The first kappa shape index (κ1) is 17.8. The molecule has 0 radical (unpaired) electrons. The minimum atomic E-state index is -1.05. The number of hydrogen-bond acceptors (Lipinski definition) is 4. The number of esters is 1. The number of carbonyl (C=O) groups excluding carboxylic acids is 2. The molecule has 0 aromatic rings. The molecule has 5 nitrogen and oxygen atoms in total. The molecule has 0 aliphatic carbocycles. The van der Waals surface area contributed by atoms with Crippen LogP contribution in [0.25, 0.3) is 0 Å². The second kappa shape index (κ2) is 6.69. The fraction of sp³-hybridized carbons (Fsp3) is 0.733. The Morgan fingerprint density at radius 3 is 2.48 bits per heavy atom. The molecule has 0 spiro atoms. The maximum atomic E-state index is 12.4. The zero-order valence-electron chi connectivity index (χ0n) is 13.2. The van der Waals surface area contributed by atoms with E-state index in [1.807, 2.05) is 0 Å². The summed E-state index contributed by atoms with van der Waals surface area (Å²) in [5.74, 6) is -0.210. The summed E-state index contributed by atoms with van der Waals surface area (Å²) in [5, 5.41) is 0. The van der Waals surface area contributed by atoms with Gasteiger partial charge in [0.05, 0.1) is 7.11 Å². The SMILES string of the molecule is C=C(CCl)C[C@]1(C(=O)OC)CCCN1C(=O)OC(C)(C)C. The molecular formula is C15H24ClNO4. The summed E-state index contributed by atoms with van der Waals surface area (Å²) >= 11 is 5.79. The second-order valence-corrected chi connectivity index (χ2v) is 6.59. The third-order valence-electron chi connectivity index (χ3n) is 3.40. The van der Waals surface area contributed by atoms with Crippen LogP contribution in [0.15, 0.2) is 12.2 Å². The quantitative estimate of drug-likeness (QED) is 0.454. The van der Waals surface area contributed by atoms with Crippen LogP contribution in [-0.4, -0.2) is 47.6 Å². The summed E-state index contributed by atoms with van der Waals surface area (Å²) in [4.78, 5) is 26.2. The molecule has 0 aromatic heterocycles. The average molecular weight is 318 g/mol. The van der Waals surface area contributed by atoms with Gasteiger partial charge < -0.3 is 9.47 Å². The number of hydrogen-bond donors (Lipinski definition) is 0. The van der Waals surface area contributed by atoms with Gasteiger partial charge in [-0.25, -0.2) is 9.59 Å². The lowest BCUT2D eigenvalue weighted by molar-refractivity contribution is -0.153. The van der Waals surface area contributed by atoms with Gasteiger partial charge in [0.2, 0.25) is 0 Å². The van der Waals surface area contributed by atoms with Crippen LogP contribution in [-0.2, 0) is 14.3 Å². The molecule has 0 saturated carbocycles. The Kier molecular flexibility index (Phi) is 5.68. The number of likely N-dealkylation sites (tertiary alicyclic amines) is 1. The van der Waals surface area contributed by atoms with Crippen molar-refractivity contribution in [1.29, 1.82) is 0 Å². The lowest BCUT2D eigenvalue weighted by Gasteiger charge is -2.37. The fourth-order valence-corrected chi connectivity index (χ4v) is 2.68. The molecule has 1 atom stereocenters. The van der Waals surface area contributed by atoms with Crippen LogP contribution < -0.4 is 0 Å². The molecular weight excluding hydrogens is 294 g/mol. The molecule has 0 bridgehead atoms. The normalized spacial score (nSPS) is 22.0. The maximum absolute atomic E-state index is 12.4. The summed E-state index contributed by atoms with van der Waals surface area (Å²) in [6.07, 6.45) is 1.02. The van der Waals surface area contributed by atoms with Crippen molar-refractivity contribution in [2.24, 2.45) is 0 Å². The Bertz CT molecular complexity index is 430. The Hall–Kier alpha value is -1.23. The van der Waals surface area contributed by atoms with E-state index in [0.717, 1.165) is 0 Å². The van der Waals surface area contributed by atoms with Gasteiger partial charge >= 0.3 is 12.1 Å². The lowest BCUT2D eigenvalue weighted by atomic mass is 9.89. The average Bonchev–Trinajstić information content (AvgIpc) is 2.80. The Morgan fingerprint density at radius 2 is 2.00 bits per heavy atom. The number of amides is 1. The number of ether oxygens (including phenoxy) is 2. The van der Waals surface area contributed by atoms with E-state index in [2.05, 4.69) is 6.58 Å². The third-order valence-corrected chi connectivity index (χ3v) is 3.78. The van der Waals surface area contributed by atoms with E-state index >= 15 is 0 Å². The molecule has 1 amide bonds. The molecule has 1 aliphatic rings. The summed E-state index contributed by atoms with van der Waals surface area (Å²) in [5.41, 5.74) is -0.980. The van der Waals surface area contributed by atoms with Crippen LogP contribution >= 0.6 is 11.6 Å². The van der Waals surface area contributed by atoms with Gasteiger partial charge in [-0.2, -0.15) is 0 Å². The molecule has 1 aliphatic heterocycles. The Labute approximate surface area is 131 Å². The minimum absolute atomic E-state index is 0.237. The molecule has 1 heterocycles. The highest BCUT2D eigenvalue weighted by molar-refractivity contribution is 6.19. The van der Waals surface area contributed by atoms with Crippen LogP contribution in [0.3, 0.4) is 0 Å². The van der Waals surface area contributed by atoms with Crippen molar-refractivity contribution < 1.29 is 19.1 Å². The van der Waals surface area contributed by atoms with Crippen LogP contribution in [0.1, 0.15) is 40.0 Å². The van der Waals surface area contributed by atoms with Gasteiger partial charge in [-0.15, -0.1) is 11.6 Å². The smallest absolute Gasteiger partial charge is 0.411 e. The first-order valence-electron chi connectivity index (χ1n) is 6.98. The third kappa shape index (κ3) is 4.13. The van der Waals surface area contributed by atoms with Gasteiger partial charge in [-0.1, -0.05) is 12.2 Å². The number of nitrogens with zero attached hydrogens (tertiary/aromatic N) is 1. The van der Waals surface area contributed by atoms with Crippen molar-refractivity contribution in [3.63, 3.8) is 0 Å². The zero-order chi connectivity index (χ0) is 16.3. The van der Waals surface area contributed by atoms with Crippen molar-refractivity contribution in [3.05, 3.63) is 12.2 Å². The van der Waals surface area contributed by atoms with Crippen LogP contribution in [0.4, 0.5) is 4.79 Å². The van der Waals surface area contributed by atoms with Crippen molar-refractivity contribution in [2.75, 3.05) is 19.5 Å². The van der Waals surface area contributed by atoms with Gasteiger partial charge in [0, 0.05) is 18.8 Å². The van der Waals surface area contributed by atoms with E-state index in [-0.39, 0.29) is 5.88 Å². The first-order valence-corrected chi connectivity index (χ1v) is 7.51. The highest BCUT2D eigenvalue weighted by atomic mass is 35.5. The Balaban J connectivity index is 3.07. The van der Waals surface area contributed by atoms with Gasteiger partial charge in [-0.05, 0) is 33.6 Å². The number of carbonyl (C=O) groups is 2. The van der Waals surface area contributed by atoms with Gasteiger partial charge in [0.1, 0.15) is 11.1 Å². The standard InChI is InChI=1S/C15H24ClNO4/c1-11(10-16)9-15(12(18)20-5)7-6-8-17(15)13(19)21-14(2,3)4/h1,6-10H2,2-5H3/t15-/m0/s1. The van der Waals surface area contributed by atoms with Crippen molar-refractivity contribution in [3.8, 4) is 0 Å². The highest BCUT2D eigenvalue weighted by Crippen LogP contribution is 2.37. The minimum Gasteiger partial charge on any atom is -0.467 e. The zero-order valence-corrected chi connectivity index (χ0v) is 14.0. The van der Waals surface area contributed by atoms with E-state index in [9.17, 15) is 9.59 Å². The van der Waals surface area contributed by atoms with Gasteiger partial charge in [-0.3, -0.25) is 4.90 Å². The fourth-order valence-electron chi connectivity index (χ4n) is 2.58. The predicted octanol–water partition coefficient (Wildman–Crippen LogP) is 3.11. The topological polar surface area (TPSA) is 55.8 Å². The number of halogens is 1. The second-order valence-electron chi connectivity index (χ2n) is 6.32. The van der Waals surface area contributed by atoms with E-state index in [1.54, 1.807) is 20.8 Å². The molecule has 0 N–H and O–H groups in total. The first-order chi connectivity index (χ1) is 9.66. The molecule has 1 rings (SSSR count). The molecule has 1 fully saturated rings. The van der Waals surface area contributed by atoms with Crippen molar-refractivity contribution in [2.45, 2.75) is 51.2 Å². The van der Waals surface area contributed by atoms with Crippen molar-refractivity contribution >= 4 is 23.7 Å². The Morgan fingerprint density at radius 1 is 1.38 bits per heavy atom. The van der Waals surface area contributed by atoms with Crippen molar-refractivity contribution in [1.82, 2.24) is 4.90 Å². The summed E-state index contributed by atoms with van der Waals surface area (Å²) in [6.45, 7) is 9.68. The van der Waals surface area contributed by atoms with Crippen LogP contribution in [0.2, 0.25) is 0 Å². The molecule has 0 unspecified atom stereocenters. The van der Waals surface area contributed by atoms with Gasteiger partial charge in [0.25, 0.3) is 0 Å². The molecule has 120 valence electrons. The van der Waals surface area contributed by atoms with E-state index < -0.39 is 23.2 Å². The largest absolute Gasteiger partial charge is 0.467 e. The molecule has 1 saturated heterocycles. The number of alkyl halides is 1. The number of rotatable bonds is 4. The van der Waals surface area contributed by atoms with Crippen LogP contribution in [0, 0.1) is 0 Å². The molecule has 21 heavy (non-hydrogen) atoms. The lowest BCUT2D eigenvalue weighted by Crippen LogP contribution is -2.55. The van der Waals surface area contributed by atoms with E-state index in [4.69, 9.17) is 21.1 Å². The molecule has 6 heteroatoms. The van der Waals surface area contributed by atoms with E-state index in [1.165, 1.54) is 12.0 Å². The number of methoxy groups -OCH3 is 1. The summed E-state index contributed by atoms with van der Waals surface area (Å²) in [6, 6.07) is 0. The highest BCUT2D eigenvalue weighted by Gasteiger charge is 2.52. The predicted molar refractivity (Wildman–Crippen MR) is 81.4 cm³/mol. The molecule has 0 aromatic carbocycles.